The number of nitrogens with one attached hydrogen (secondary N) is 1. The third-order valence-electron chi connectivity index (χ3n) is 3.06. The largest absolute Gasteiger partial charge is 0.271 e. The minimum atomic E-state index is -0.154. The van der Waals surface area contributed by atoms with Gasteiger partial charge in [0.05, 0.1) is 6.04 Å². The van der Waals surface area contributed by atoms with E-state index in [1.807, 2.05) is 23.9 Å². The van der Waals surface area contributed by atoms with Gasteiger partial charge in [-0.1, -0.05) is 12.1 Å². The van der Waals surface area contributed by atoms with Gasteiger partial charge in [0.15, 0.2) is 0 Å². The Morgan fingerprint density at radius 1 is 1.56 bits per heavy atom. The summed E-state index contributed by atoms with van der Waals surface area (Å²) < 4.78 is 13.2. The molecule has 1 aromatic carbocycles. The summed E-state index contributed by atoms with van der Waals surface area (Å²) in [6.07, 6.45) is 2.42. The second kappa shape index (κ2) is 5.17. The average molecular weight is 240 g/mol. The molecule has 4 heteroatoms. The Hall–Kier alpha value is -0.580. The van der Waals surface area contributed by atoms with Crippen molar-refractivity contribution in [3.8, 4) is 0 Å². The molecule has 1 heterocycles. The first-order valence-corrected chi connectivity index (χ1v) is 6.61. The number of aryl methyl sites for hydroxylation is 1. The molecule has 88 valence electrons. The zero-order chi connectivity index (χ0) is 11.5. The maximum absolute atomic E-state index is 13.2. The summed E-state index contributed by atoms with van der Waals surface area (Å²) in [5.74, 6) is 6.66. The highest BCUT2D eigenvalue weighted by Gasteiger charge is 2.26. The predicted molar refractivity (Wildman–Crippen MR) is 66.7 cm³/mol. The van der Waals surface area contributed by atoms with Gasteiger partial charge in [0, 0.05) is 5.25 Å². The molecule has 2 nitrogen and oxygen atoms in total. The van der Waals surface area contributed by atoms with Crippen LogP contribution in [-0.2, 0) is 0 Å². The molecule has 3 N–H and O–H groups in total. The van der Waals surface area contributed by atoms with Crippen molar-refractivity contribution in [2.45, 2.75) is 31.1 Å². The van der Waals surface area contributed by atoms with Crippen molar-refractivity contribution in [2.24, 2.45) is 5.84 Å². The van der Waals surface area contributed by atoms with Gasteiger partial charge >= 0.3 is 0 Å². The predicted octanol–water partition coefficient (Wildman–Crippen LogP) is 2.53. The van der Waals surface area contributed by atoms with E-state index in [9.17, 15) is 4.39 Å². The van der Waals surface area contributed by atoms with E-state index in [0.717, 1.165) is 5.56 Å². The molecule has 2 rings (SSSR count). The third-order valence-corrected chi connectivity index (χ3v) is 4.52. The van der Waals surface area contributed by atoms with Gasteiger partial charge in [-0.2, -0.15) is 11.8 Å². The Bertz CT molecular complexity index is 364. The lowest BCUT2D eigenvalue weighted by Gasteiger charge is -2.22. The lowest BCUT2D eigenvalue weighted by Crippen LogP contribution is -2.34. The quantitative estimate of drug-likeness (QED) is 0.630. The minimum absolute atomic E-state index is 0.131. The van der Waals surface area contributed by atoms with Crippen molar-refractivity contribution in [1.29, 1.82) is 0 Å². The number of rotatable bonds is 3. The maximum Gasteiger partial charge on any atom is 0.126 e. The molecule has 2 atom stereocenters. The van der Waals surface area contributed by atoms with Crippen LogP contribution in [-0.4, -0.2) is 11.0 Å². The molecular formula is C12H17FN2S. The van der Waals surface area contributed by atoms with Crippen molar-refractivity contribution >= 4 is 11.8 Å². The second-order valence-electron chi connectivity index (χ2n) is 4.20. The summed E-state index contributed by atoms with van der Waals surface area (Å²) in [5.41, 5.74) is 4.63. The molecular weight excluding hydrogens is 223 g/mol. The number of thioether (sulfide) groups is 1. The van der Waals surface area contributed by atoms with Crippen molar-refractivity contribution in [3.05, 3.63) is 35.1 Å². The third kappa shape index (κ3) is 2.39. The molecule has 1 aliphatic heterocycles. The van der Waals surface area contributed by atoms with Gasteiger partial charge in [-0.05, 0) is 42.7 Å². The van der Waals surface area contributed by atoms with E-state index >= 15 is 0 Å². The molecule has 0 spiro atoms. The summed E-state index contributed by atoms with van der Waals surface area (Å²) in [4.78, 5) is 0. The van der Waals surface area contributed by atoms with E-state index in [0.29, 0.717) is 10.8 Å². The summed E-state index contributed by atoms with van der Waals surface area (Å²) >= 11 is 1.94. The van der Waals surface area contributed by atoms with E-state index in [-0.39, 0.29) is 11.9 Å². The number of nitrogens with two attached hydrogens (primary N) is 1. The lowest BCUT2D eigenvalue weighted by molar-refractivity contribution is 0.518. The Morgan fingerprint density at radius 2 is 2.38 bits per heavy atom. The van der Waals surface area contributed by atoms with E-state index in [1.54, 1.807) is 6.92 Å². The van der Waals surface area contributed by atoms with Gasteiger partial charge in [-0.3, -0.25) is 11.3 Å². The fraction of sp³-hybridized carbons (Fsp3) is 0.500. The monoisotopic (exact) mass is 240 g/mol. The fourth-order valence-electron chi connectivity index (χ4n) is 2.14. The van der Waals surface area contributed by atoms with E-state index < -0.39 is 0 Å². The zero-order valence-corrected chi connectivity index (χ0v) is 10.2. The molecule has 16 heavy (non-hydrogen) atoms. The highest BCUT2D eigenvalue weighted by Crippen LogP contribution is 2.35. The van der Waals surface area contributed by atoms with Crippen molar-refractivity contribution in [3.63, 3.8) is 0 Å². The van der Waals surface area contributed by atoms with Crippen LogP contribution in [0.25, 0.3) is 0 Å². The fourth-order valence-corrected chi connectivity index (χ4v) is 3.54. The number of benzene rings is 1. The van der Waals surface area contributed by atoms with Crippen LogP contribution in [0.3, 0.4) is 0 Å². The van der Waals surface area contributed by atoms with Gasteiger partial charge in [-0.25, -0.2) is 4.39 Å². The normalized spacial score (nSPS) is 22.3. The van der Waals surface area contributed by atoms with Gasteiger partial charge < -0.3 is 0 Å². The molecule has 2 unspecified atom stereocenters. The Balaban J connectivity index is 2.22. The van der Waals surface area contributed by atoms with E-state index in [1.165, 1.54) is 24.7 Å². The molecule has 0 bridgehead atoms. The molecule has 1 saturated heterocycles. The van der Waals surface area contributed by atoms with Crippen molar-refractivity contribution in [2.75, 3.05) is 5.75 Å². The second-order valence-corrected chi connectivity index (χ2v) is 5.55. The van der Waals surface area contributed by atoms with Crippen LogP contribution in [0.2, 0.25) is 0 Å². The smallest absolute Gasteiger partial charge is 0.126 e. The van der Waals surface area contributed by atoms with Crippen LogP contribution >= 0.6 is 11.8 Å². The molecule has 1 aromatic rings. The van der Waals surface area contributed by atoms with Gasteiger partial charge in [-0.15, -0.1) is 0 Å². The van der Waals surface area contributed by atoms with Crippen molar-refractivity contribution < 1.29 is 4.39 Å². The van der Waals surface area contributed by atoms with Gasteiger partial charge in [0.2, 0.25) is 0 Å². The first kappa shape index (κ1) is 11.9. The van der Waals surface area contributed by atoms with Crippen LogP contribution in [0.15, 0.2) is 18.2 Å². The number of hydrazine groups is 1. The molecule has 1 aliphatic rings. The summed E-state index contributed by atoms with van der Waals surface area (Å²) in [6, 6.07) is 5.37. The van der Waals surface area contributed by atoms with E-state index in [2.05, 4.69) is 5.43 Å². The Morgan fingerprint density at radius 3 is 2.94 bits per heavy atom. The molecule has 0 aromatic heterocycles. The molecule has 0 aliphatic carbocycles. The summed E-state index contributed by atoms with van der Waals surface area (Å²) in [7, 11) is 0. The molecule has 0 radical (unpaired) electrons. The number of hydrogen-bond donors (Lipinski definition) is 2. The molecule has 0 saturated carbocycles. The number of halogens is 1. The highest BCUT2D eigenvalue weighted by atomic mass is 32.2. The highest BCUT2D eigenvalue weighted by molar-refractivity contribution is 8.00. The van der Waals surface area contributed by atoms with Gasteiger partial charge in [0.25, 0.3) is 0 Å². The topological polar surface area (TPSA) is 38.0 Å². The molecule has 0 amide bonds. The first-order chi connectivity index (χ1) is 7.72. The van der Waals surface area contributed by atoms with E-state index in [4.69, 9.17) is 5.84 Å². The standard InChI is InChI=1S/C12H17FN2S/c1-8-7-9(4-5-10(8)13)12(15-14)11-3-2-6-16-11/h4-5,7,11-12,15H,2-3,6,14H2,1H3. The lowest BCUT2D eigenvalue weighted by atomic mass is 9.99. The average Bonchev–Trinajstić information content (AvgIpc) is 2.78. The van der Waals surface area contributed by atoms with Crippen LogP contribution < -0.4 is 11.3 Å². The van der Waals surface area contributed by atoms with Crippen LogP contribution in [0.1, 0.15) is 30.0 Å². The SMILES string of the molecule is Cc1cc(C(NN)C2CCCS2)ccc1F. The Labute approximate surface area is 99.8 Å². The van der Waals surface area contributed by atoms with Crippen molar-refractivity contribution in [1.82, 2.24) is 5.43 Å². The van der Waals surface area contributed by atoms with Crippen LogP contribution in [0, 0.1) is 12.7 Å². The zero-order valence-electron chi connectivity index (χ0n) is 9.37. The summed E-state index contributed by atoms with van der Waals surface area (Å²) in [6.45, 7) is 1.79. The van der Waals surface area contributed by atoms with Gasteiger partial charge in [0.1, 0.15) is 5.82 Å². The summed E-state index contributed by atoms with van der Waals surface area (Å²) in [5, 5.41) is 0.509. The van der Waals surface area contributed by atoms with Crippen LogP contribution in [0.4, 0.5) is 4.39 Å². The Kier molecular flexibility index (Phi) is 3.84. The molecule has 1 fully saturated rings. The first-order valence-electron chi connectivity index (χ1n) is 5.56. The number of hydrogen-bond acceptors (Lipinski definition) is 3. The maximum atomic E-state index is 13.2. The minimum Gasteiger partial charge on any atom is -0.271 e. The van der Waals surface area contributed by atoms with Crippen LogP contribution in [0.5, 0.6) is 0 Å².